The second-order valence-corrected chi connectivity index (χ2v) is 5.29. The number of hydrogen-bond donors (Lipinski definition) is 0. The van der Waals surface area contributed by atoms with Crippen molar-refractivity contribution in [1.82, 2.24) is 0 Å². The van der Waals surface area contributed by atoms with Crippen LogP contribution in [0.5, 0.6) is 0 Å². The van der Waals surface area contributed by atoms with Crippen molar-refractivity contribution >= 4 is 0 Å². The molecule has 0 heteroatoms. The Kier molecular flexibility index (Phi) is 6.12. The minimum Gasteiger partial charge on any atom is -0.103 e. The van der Waals surface area contributed by atoms with Gasteiger partial charge < -0.3 is 0 Å². The third kappa shape index (κ3) is 4.82. The Morgan fingerprint density at radius 3 is 2.88 bits per heavy atom. The smallest absolute Gasteiger partial charge is 0.0415 e. The molecule has 0 radical (unpaired) electrons. The van der Waals surface area contributed by atoms with Crippen LogP contribution >= 0.6 is 0 Å². The molecule has 17 heavy (non-hydrogen) atoms. The fourth-order valence-corrected chi connectivity index (χ4v) is 2.27. The van der Waals surface area contributed by atoms with Gasteiger partial charge in [-0.25, -0.2) is 0 Å². The van der Waals surface area contributed by atoms with Crippen molar-refractivity contribution in [2.45, 2.75) is 59.3 Å². The molecule has 0 saturated carbocycles. The van der Waals surface area contributed by atoms with E-state index in [9.17, 15) is 0 Å². The standard InChI is InChI=1S/C17H26/c1-5-6-7-8-9-10-17-13-16(14(2)3)12-11-15(17)4/h11,16-17H,2,5-8,12-13H2,1,3-4H3/t16-,17+/m1/s1. The first-order valence-electron chi connectivity index (χ1n) is 6.95. The summed E-state index contributed by atoms with van der Waals surface area (Å²) in [7, 11) is 0. The van der Waals surface area contributed by atoms with Crippen LogP contribution < -0.4 is 0 Å². The van der Waals surface area contributed by atoms with Gasteiger partial charge in [0.1, 0.15) is 0 Å². The van der Waals surface area contributed by atoms with Gasteiger partial charge in [-0.1, -0.05) is 49.5 Å². The van der Waals surface area contributed by atoms with Gasteiger partial charge in [0.05, 0.1) is 0 Å². The van der Waals surface area contributed by atoms with Crippen molar-refractivity contribution in [3.8, 4) is 11.8 Å². The molecule has 0 bridgehead atoms. The topological polar surface area (TPSA) is 0 Å². The molecule has 0 saturated heterocycles. The summed E-state index contributed by atoms with van der Waals surface area (Å²) in [4.78, 5) is 0. The molecule has 0 fully saturated rings. The minimum absolute atomic E-state index is 0.479. The Morgan fingerprint density at radius 1 is 1.47 bits per heavy atom. The van der Waals surface area contributed by atoms with E-state index in [-0.39, 0.29) is 0 Å². The first-order valence-corrected chi connectivity index (χ1v) is 6.95. The van der Waals surface area contributed by atoms with Gasteiger partial charge >= 0.3 is 0 Å². The molecule has 0 aromatic heterocycles. The fraction of sp³-hybridized carbons (Fsp3) is 0.647. The first-order chi connectivity index (χ1) is 8.15. The summed E-state index contributed by atoms with van der Waals surface area (Å²) in [6.07, 6.45) is 9.60. The molecule has 1 aliphatic carbocycles. The Bertz CT molecular complexity index is 335. The van der Waals surface area contributed by atoms with Crippen molar-refractivity contribution in [2.75, 3.05) is 0 Å². The monoisotopic (exact) mass is 230 g/mol. The number of hydrogen-bond acceptors (Lipinski definition) is 0. The summed E-state index contributed by atoms with van der Waals surface area (Å²) in [5.74, 6) is 7.94. The molecule has 0 aromatic carbocycles. The van der Waals surface area contributed by atoms with Crippen molar-refractivity contribution in [1.29, 1.82) is 0 Å². The highest BCUT2D eigenvalue weighted by Gasteiger charge is 2.20. The van der Waals surface area contributed by atoms with Crippen molar-refractivity contribution in [2.24, 2.45) is 11.8 Å². The van der Waals surface area contributed by atoms with E-state index >= 15 is 0 Å². The van der Waals surface area contributed by atoms with Gasteiger partial charge in [-0.15, -0.1) is 5.92 Å². The minimum atomic E-state index is 0.479. The first kappa shape index (κ1) is 14.1. The highest BCUT2D eigenvalue weighted by molar-refractivity contribution is 5.23. The molecule has 2 atom stereocenters. The van der Waals surface area contributed by atoms with Gasteiger partial charge in [-0.2, -0.15) is 0 Å². The van der Waals surface area contributed by atoms with Crippen molar-refractivity contribution in [3.05, 3.63) is 23.8 Å². The predicted molar refractivity (Wildman–Crippen MR) is 76.7 cm³/mol. The van der Waals surface area contributed by atoms with Crippen LogP contribution in [0, 0.1) is 23.7 Å². The molecule has 0 unspecified atom stereocenters. The van der Waals surface area contributed by atoms with Crippen molar-refractivity contribution in [3.63, 3.8) is 0 Å². The normalized spacial score (nSPS) is 23.6. The lowest BCUT2D eigenvalue weighted by molar-refractivity contribution is 0.487. The lowest BCUT2D eigenvalue weighted by atomic mass is 9.79. The Morgan fingerprint density at radius 2 is 2.24 bits per heavy atom. The average Bonchev–Trinajstić information content (AvgIpc) is 2.30. The summed E-state index contributed by atoms with van der Waals surface area (Å²) >= 11 is 0. The lowest BCUT2D eigenvalue weighted by Crippen LogP contribution is -2.14. The summed E-state index contributed by atoms with van der Waals surface area (Å²) in [5.41, 5.74) is 2.78. The molecular formula is C17H26. The Labute approximate surface area is 107 Å². The van der Waals surface area contributed by atoms with Gasteiger partial charge in [-0.3, -0.25) is 0 Å². The van der Waals surface area contributed by atoms with Crippen LogP contribution in [-0.2, 0) is 0 Å². The zero-order valence-electron chi connectivity index (χ0n) is 11.7. The number of rotatable bonds is 4. The quantitative estimate of drug-likeness (QED) is 0.357. The maximum Gasteiger partial charge on any atom is 0.0415 e. The lowest BCUT2D eigenvalue weighted by Gasteiger charge is -2.25. The SMILES string of the molecule is C=C(C)[C@@H]1CC=C(C)[C@@H](C#CCCCCC)C1. The molecule has 1 aliphatic rings. The van der Waals surface area contributed by atoms with Crippen LogP contribution in [0.3, 0.4) is 0 Å². The Balaban J connectivity index is 2.48. The van der Waals surface area contributed by atoms with E-state index in [1.54, 1.807) is 0 Å². The largest absolute Gasteiger partial charge is 0.103 e. The van der Waals surface area contributed by atoms with E-state index in [2.05, 4.69) is 45.3 Å². The van der Waals surface area contributed by atoms with Crippen LogP contribution in [0.25, 0.3) is 0 Å². The second kappa shape index (κ2) is 7.38. The molecule has 1 rings (SSSR count). The summed E-state index contributed by atoms with van der Waals surface area (Å²) < 4.78 is 0. The van der Waals surface area contributed by atoms with E-state index in [1.165, 1.54) is 36.8 Å². The van der Waals surface area contributed by atoms with E-state index < -0.39 is 0 Å². The van der Waals surface area contributed by atoms with Crippen LogP contribution in [0.1, 0.15) is 59.3 Å². The van der Waals surface area contributed by atoms with Crippen LogP contribution in [-0.4, -0.2) is 0 Å². The van der Waals surface area contributed by atoms with E-state index in [1.807, 2.05) is 0 Å². The van der Waals surface area contributed by atoms with Gasteiger partial charge in [-0.05, 0) is 39.0 Å². The van der Waals surface area contributed by atoms with Crippen LogP contribution in [0.4, 0.5) is 0 Å². The highest BCUT2D eigenvalue weighted by Crippen LogP contribution is 2.32. The average molecular weight is 230 g/mol. The number of allylic oxidation sites excluding steroid dienone is 3. The van der Waals surface area contributed by atoms with Gasteiger partial charge in [0.2, 0.25) is 0 Å². The van der Waals surface area contributed by atoms with Gasteiger partial charge in [0, 0.05) is 12.3 Å². The number of unbranched alkanes of at least 4 members (excludes halogenated alkanes) is 3. The second-order valence-electron chi connectivity index (χ2n) is 5.29. The maximum absolute atomic E-state index is 4.08. The zero-order valence-corrected chi connectivity index (χ0v) is 11.7. The molecule has 94 valence electrons. The summed E-state index contributed by atoms with van der Waals surface area (Å²) in [5, 5.41) is 0. The van der Waals surface area contributed by atoms with Gasteiger partial charge in [0.25, 0.3) is 0 Å². The summed E-state index contributed by atoms with van der Waals surface area (Å²) in [6.45, 7) is 10.7. The zero-order chi connectivity index (χ0) is 12.7. The molecule has 0 heterocycles. The predicted octanol–water partition coefficient (Wildman–Crippen LogP) is 5.12. The van der Waals surface area contributed by atoms with Gasteiger partial charge in [0.15, 0.2) is 0 Å². The molecule has 0 aromatic rings. The van der Waals surface area contributed by atoms with E-state index in [0.29, 0.717) is 11.8 Å². The van der Waals surface area contributed by atoms with Crippen LogP contribution in [0.15, 0.2) is 23.8 Å². The highest BCUT2D eigenvalue weighted by atomic mass is 14.2. The Hall–Kier alpha value is -0.960. The fourth-order valence-electron chi connectivity index (χ4n) is 2.27. The molecule has 0 nitrogen and oxygen atoms in total. The molecular weight excluding hydrogens is 204 g/mol. The maximum atomic E-state index is 4.08. The molecule has 0 amide bonds. The third-order valence-corrected chi connectivity index (χ3v) is 3.67. The van der Waals surface area contributed by atoms with E-state index in [4.69, 9.17) is 0 Å². The molecule has 0 N–H and O–H groups in total. The molecule has 0 aliphatic heterocycles. The van der Waals surface area contributed by atoms with E-state index in [0.717, 1.165) is 12.8 Å². The summed E-state index contributed by atoms with van der Waals surface area (Å²) in [6, 6.07) is 0. The third-order valence-electron chi connectivity index (χ3n) is 3.67. The van der Waals surface area contributed by atoms with Crippen LogP contribution in [0.2, 0.25) is 0 Å². The molecule has 0 spiro atoms. The van der Waals surface area contributed by atoms with Crippen molar-refractivity contribution < 1.29 is 0 Å².